The fourth-order valence-electron chi connectivity index (χ4n) is 3.21. The number of carbonyl (C=O) groups excluding carboxylic acids is 1. The average molecular weight is 413 g/mol. The first-order chi connectivity index (χ1) is 13.9. The first-order valence-corrected chi connectivity index (χ1v) is 10.8. The van der Waals surface area contributed by atoms with Crippen molar-refractivity contribution < 1.29 is 4.79 Å². The Labute approximate surface area is 176 Å². The van der Waals surface area contributed by atoms with Gasteiger partial charge in [0.05, 0.1) is 6.42 Å². The van der Waals surface area contributed by atoms with Crippen molar-refractivity contribution in [3.8, 4) is 0 Å². The van der Waals surface area contributed by atoms with Crippen molar-refractivity contribution in [3.05, 3.63) is 52.8 Å². The summed E-state index contributed by atoms with van der Waals surface area (Å²) < 4.78 is 1.74. The second-order valence-electron chi connectivity index (χ2n) is 7.35. The molecule has 0 atom stereocenters. The zero-order valence-corrected chi connectivity index (χ0v) is 18.5. The van der Waals surface area contributed by atoms with Crippen LogP contribution in [0, 0.1) is 13.8 Å². The van der Waals surface area contributed by atoms with Gasteiger partial charge in [0.15, 0.2) is 0 Å². The van der Waals surface area contributed by atoms with Gasteiger partial charge in [0.25, 0.3) is 5.78 Å². The lowest BCUT2D eigenvalue weighted by atomic mass is 10.1. The minimum absolute atomic E-state index is 0.0910. The van der Waals surface area contributed by atoms with E-state index in [1.807, 2.05) is 57.3 Å². The SMILES string of the molecule is CSc1nc2nc(C)c(CC(=O)N(CCN(C)C)Cc3ccccc3)c(C)n2n1. The second-order valence-corrected chi connectivity index (χ2v) is 8.13. The number of hydrogen-bond acceptors (Lipinski definition) is 6. The molecule has 8 heteroatoms. The van der Waals surface area contributed by atoms with E-state index in [1.165, 1.54) is 11.8 Å². The van der Waals surface area contributed by atoms with E-state index in [2.05, 4.69) is 32.1 Å². The van der Waals surface area contributed by atoms with Gasteiger partial charge in [0.2, 0.25) is 11.1 Å². The van der Waals surface area contributed by atoms with Crippen LogP contribution in [0.3, 0.4) is 0 Å². The normalized spacial score (nSPS) is 11.4. The first-order valence-electron chi connectivity index (χ1n) is 9.62. The molecule has 0 saturated heterocycles. The molecule has 0 saturated carbocycles. The predicted octanol–water partition coefficient (Wildman–Crippen LogP) is 2.60. The first kappa shape index (κ1) is 21.3. The summed E-state index contributed by atoms with van der Waals surface area (Å²) in [5.74, 6) is 0.669. The molecule has 3 rings (SSSR count). The average Bonchev–Trinajstić information content (AvgIpc) is 3.12. The van der Waals surface area contributed by atoms with Crippen LogP contribution in [0.4, 0.5) is 0 Å². The zero-order valence-electron chi connectivity index (χ0n) is 17.7. The summed E-state index contributed by atoms with van der Waals surface area (Å²) in [6, 6.07) is 10.1. The predicted molar refractivity (Wildman–Crippen MR) is 116 cm³/mol. The number of amides is 1. The largest absolute Gasteiger partial charge is 0.337 e. The highest BCUT2D eigenvalue weighted by Gasteiger charge is 2.20. The molecular formula is C21H28N6OS. The van der Waals surface area contributed by atoms with Gasteiger partial charge in [0.1, 0.15) is 0 Å². The Morgan fingerprint density at radius 2 is 1.83 bits per heavy atom. The molecule has 0 aliphatic rings. The number of rotatable bonds is 8. The monoisotopic (exact) mass is 412 g/mol. The van der Waals surface area contributed by atoms with E-state index in [-0.39, 0.29) is 5.91 Å². The number of hydrogen-bond donors (Lipinski definition) is 0. The van der Waals surface area contributed by atoms with E-state index in [4.69, 9.17) is 0 Å². The molecule has 1 amide bonds. The summed E-state index contributed by atoms with van der Waals surface area (Å²) in [6.07, 6.45) is 2.24. The molecule has 0 radical (unpaired) electrons. The third-order valence-electron chi connectivity index (χ3n) is 4.93. The number of aromatic nitrogens is 4. The Morgan fingerprint density at radius 1 is 1.10 bits per heavy atom. The van der Waals surface area contributed by atoms with Crippen molar-refractivity contribution in [3.63, 3.8) is 0 Å². The number of carbonyl (C=O) groups is 1. The highest BCUT2D eigenvalue weighted by atomic mass is 32.2. The molecule has 0 N–H and O–H groups in total. The fraction of sp³-hybridized carbons (Fsp3) is 0.429. The molecule has 3 aromatic rings. The molecule has 0 unspecified atom stereocenters. The minimum Gasteiger partial charge on any atom is -0.337 e. The summed E-state index contributed by atoms with van der Waals surface area (Å²) in [5, 5.41) is 5.17. The molecule has 0 spiro atoms. The summed E-state index contributed by atoms with van der Waals surface area (Å²) in [7, 11) is 4.04. The molecule has 7 nitrogen and oxygen atoms in total. The quantitative estimate of drug-likeness (QED) is 0.530. The second kappa shape index (κ2) is 9.37. The summed E-state index contributed by atoms with van der Waals surface area (Å²) in [5.41, 5.74) is 3.79. The van der Waals surface area contributed by atoms with Gasteiger partial charge in [-0.1, -0.05) is 42.1 Å². The van der Waals surface area contributed by atoms with Crippen LogP contribution in [0.1, 0.15) is 22.5 Å². The van der Waals surface area contributed by atoms with E-state index >= 15 is 0 Å². The van der Waals surface area contributed by atoms with Crippen LogP contribution < -0.4 is 0 Å². The van der Waals surface area contributed by atoms with Gasteiger partial charge in [-0.25, -0.2) is 9.50 Å². The van der Waals surface area contributed by atoms with Crippen LogP contribution in [-0.2, 0) is 17.8 Å². The number of nitrogens with zero attached hydrogens (tertiary/aromatic N) is 6. The van der Waals surface area contributed by atoms with Crippen LogP contribution in [0.25, 0.3) is 5.78 Å². The molecule has 0 bridgehead atoms. The molecule has 0 fully saturated rings. The van der Waals surface area contributed by atoms with E-state index in [0.717, 1.165) is 29.1 Å². The summed E-state index contributed by atoms with van der Waals surface area (Å²) in [4.78, 5) is 26.3. The van der Waals surface area contributed by atoms with Gasteiger partial charge in [0, 0.05) is 36.6 Å². The zero-order chi connectivity index (χ0) is 21.0. The summed E-state index contributed by atoms with van der Waals surface area (Å²) in [6.45, 7) is 6.00. The van der Waals surface area contributed by atoms with Crippen molar-refractivity contribution >= 4 is 23.4 Å². The van der Waals surface area contributed by atoms with E-state index < -0.39 is 0 Å². The maximum atomic E-state index is 13.3. The number of likely N-dealkylation sites (N-methyl/N-ethyl adjacent to an activating group) is 1. The van der Waals surface area contributed by atoms with Crippen molar-refractivity contribution in [2.24, 2.45) is 0 Å². The molecule has 2 heterocycles. The number of thioether (sulfide) groups is 1. The highest BCUT2D eigenvalue weighted by molar-refractivity contribution is 7.98. The number of fused-ring (bicyclic) bond motifs is 1. The van der Waals surface area contributed by atoms with Crippen LogP contribution in [0.2, 0.25) is 0 Å². The minimum atomic E-state index is 0.0910. The van der Waals surface area contributed by atoms with E-state index in [9.17, 15) is 4.79 Å². The Balaban J connectivity index is 1.86. The Kier molecular flexibility index (Phi) is 6.87. The van der Waals surface area contributed by atoms with Gasteiger partial charge in [-0.3, -0.25) is 4.79 Å². The van der Waals surface area contributed by atoms with Crippen LogP contribution in [0.15, 0.2) is 35.5 Å². The molecule has 0 aliphatic heterocycles. The molecule has 29 heavy (non-hydrogen) atoms. The van der Waals surface area contributed by atoms with Gasteiger partial charge in [-0.15, -0.1) is 5.10 Å². The third-order valence-corrected chi connectivity index (χ3v) is 5.46. The van der Waals surface area contributed by atoms with Gasteiger partial charge < -0.3 is 9.80 Å². The number of aryl methyl sites for hydroxylation is 2. The Hall–Kier alpha value is -2.45. The number of benzene rings is 1. The standard InChI is InChI=1S/C21H28N6OS/c1-15-18(16(2)27-20(22-15)23-21(24-27)29-5)13-19(28)26(12-11-25(3)4)14-17-9-7-6-8-10-17/h6-10H,11-14H2,1-5H3. The summed E-state index contributed by atoms with van der Waals surface area (Å²) >= 11 is 1.48. The smallest absolute Gasteiger partial charge is 0.253 e. The topological polar surface area (TPSA) is 66.6 Å². The molecule has 2 aromatic heterocycles. The maximum Gasteiger partial charge on any atom is 0.253 e. The van der Waals surface area contributed by atoms with Crippen LogP contribution >= 0.6 is 11.8 Å². The molecule has 0 aliphatic carbocycles. The molecule has 154 valence electrons. The molecular weight excluding hydrogens is 384 g/mol. The van der Waals surface area contributed by atoms with Crippen molar-refractivity contribution in [2.75, 3.05) is 33.4 Å². The van der Waals surface area contributed by atoms with E-state index in [0.29, 0.717) is 30.4 Å². The van der Waals surface area contributed by atoms with Gasteiger partial charge in [-0.2, -0.15) is 4.98 Å². The van der Waals surface area contributed by atoms with Crippen LogP contribution in [0.5, 0.6) is 0 Å². The molecule has 1 aromatic carbocycles. The highest BCUT2D eigenvalue weighted by Crippen LogP contribution is 2.18. The fourth-order valence-corrected chi connectivity index (χ4v) is 3.55. The van der Waals surface area contributed by atoms with Gasteiger partial charge >= 0.3 is 0 Å². The van der Waals surface area contributed by atoms with E-state index in [1.54, 1.807) is 4.52 Å². The Bertz CT molecular complexity index is 986. The van der Waals surface area contributed by atoms with Crippen molar-refractivity contribution in [2.45, 2.75) is 32.0 Å². The lowest BCUT2D eigenvalue weighted by molar-refractivity contribution is -0.131. The van der Waals surface area contributed by atoms with Crippen molar-refractivity contribution in [1.29, 1.82) is 0 Å². The third kappa shape index (κ3) is 5.13. The lowest BCUT2D eigenvalue weighted by Crippen LogP contribution is -2.37. The van der Waals surface area contributed by atoms with Crippen molar-refractivity contribution in [1.82, 2.24) is 29.4 Å². The Morgan fingerprint density at radius 3 is 2.48 bits per heavy atom. The maximum absolute atomic E-state index is 13.3. The van der Waals surface area contributed by atoms with Crippen LogP contribution in [-0.4, -0.2) is 68.7 Å². The van der Waals surface area contributed by atoms with Gasteiger partial charge in [-0.05, 0) is 39.8 Å². The lowest BCUT2D eigenvalue weighted by Gasteiger charge is -2.25.